The minimum Gasteiger partial charge on any atom is -0.406 e. The molecule has 10 heteroatoms. The Morgan fingerprint density at radius 1 is 0.700 bits per heavy atom. The zero-order valence-corrected chi connectivity index (χ0v) is 14.8. The van der Waals surface area contributed by atoms with Gasteiger partial charge in [0, 0.05) is 11.1 Å². The smallest absolute Gasteiger partial charge is 0.406 e. The lowest BCUT2D eigenvalue weighted by Gasteiger charge is -2.12. The van der Waals surface area contributed by atoms with Crippen molar-refractivity contribution in [2.75, 3.05) is 0 Å². The van der Waals surface area contributed by atoms with Crippen LogP contribution in [0.2, 0.25) is 0 Å². The fourth-order valence-electron chi connectivity index (χ4n) is 2.60. The zero-order valence-electron chi connectivity index (χ0n) is 14.8. The molecule has 30 heavy (non-hydrogen) atoms. The van der Waals surface area contributed by atoms with Crippen LogP contribution in [-0.4, -0.2) is 17.7 Å². The summed E-state index contributed by atoms with van der Waals surface area (Å²) in [5.41, 5.74) is 0.826. The maximum Gasteiger partial charge on any atom is 0.573 e. The Bertz CT molecular complexity index is 1030. The van der Waals surface area contributed by atoms with Crippen LogP contribution in [0.15, 0.2) is 60.7 Å². The summed E-state index contributed by atoms with van der Waals surface area (Å²) in [6.07, 6.45) is -9.77. The number of alkyl halides is 6. The van der Waals surface area contributed by atoms with Gasteiger partial charge in [0.1, 0.15) is 11.5 Å². The summed E-state index contributed by atoms with van der Waals surface area (Å²) in [7, 11) is 0. The predicted octanol–water partition coefficient (Wildman–Crippen LogP) is 6.08. The number of benzene rings is 2. The van der Waals surface area contributed by atoms with Crippen LogP contribution in [0.25, 0.3) is 22.5 Å². The molecule has 1 aromatic heterocycles. The van der Waals surface area contributed by atoms with Gasteiger partial charge in [-0.1, -0.05) is 24.3 Å². The normalized spacial score (nSPS) is 11.6. The molecule has 2 aromatic carbocycles. The van der Waals surface area contributed by atoms with Crippen molar-refractivity contribution in [3.8, 4) is 40.1 Å². The Kier molecular flexibility index (Phi) is 5.56. The largest absolute Gasteiger partial charge is 0.573 e. The summed E-state index contributed by atoms with van der Waals surface area (Å²) in [6, 6.07) is 14.5. The van der Waals surface area contributed by atoms with Crippen LogP contribution in [0.1, 0.15) is 5.56 Å². The summed E-state index contributed by atoms with van der Waals surface area (Å²) >= 11 is 0. The van der Waals surface area contributed by atoms with Gasteiger partial charge < -0.3 is 9.47 Å². The molecule has 0 aliphatic carbocycles. The second kappa shape index (κ2) is 7.94. The molecule has 0 fully saturated rings. The standard InChI is InChI=1S/C20H10F6N2O2/c21-19(22,23)29-15-5-1-3-13(9-15)17-7-12(11-27)8-18(28-17)14-4-2-6-16(10-14)30-20(24,25)26/h1-10H. The molecule has 0 saturated heterocycles. The Balaban J connectivity index is 2.03. The van der Waals surface area contributed by atoms with Crippen molar-refractivity contribution in [2.45, 2.75) is 12.7 Å². The SMILES string of the molecule is N#Cc1cc(-c2cccc(OC(F)(F)F)c2)nc(-c2cccc(OC(F)(F)F)c2)c1. The average molecular weight is 424 g/mol. The van der Waals surface area contributed by atoms with Crippen molar-refractivity contribution in [3.05, 3.63) is 66.2 Å². The number of aromatic nitrogens is 1. The highest BCUT2D eigenvalue weighted by molar-refractivity contribution is 5.70. The van der Waals surface area contributed by atoms with Crippen LogP contribution in [-0.2, 0) is 0 Å². The Labute approximate surface area is 165 Å². The number of hydrogen-bond donors (Lipinski definition) is 0. The van der Waals surface area contributed by atoms with Crippen molar-refractivity contribution < 1.29 is 35.8 Å². The van der Waals surface area contributed by atoms with Crippen molar-refractivity contribution >= 4 is 0 Å². The van der Waals surface area contributed by atoms with E-state index in [9.17, 15) is 31.6 Å². The van der Waals surface area contributed by atoms with Gasteiger partial charge in [-0.2, -0.15) is 5.26 Å². The van der Waals surface area contributed by atoms with E-state index in [2.05, 4.69) is 14.5 Å². The lowest BCUT2D eigenvalue weighted by molar-refractivity contribution is -0.275. The van der Waals surface area contributed by atoms with Crippen molar-refractivity contribution in [2.24, 2.45) is 0 Å². The topological polar surface area (TPSA) is 55.1 Å². The number of rotatable bonds is 4. The molecule has 0 aliphatic heterocycles. The number of pyridine rings is 1. The fraction of sp³-hybridized carbons (Fsp3) is 0.100. The van der Waals surface area contributed by atoms with Crippen molar-refractivity contribution in [1.29, 1.82) is 5.26 Å². The zero-order chi connectivity index (χ0) is 21.9. The maximum absolute atomic E-state index is 12.5. The highest BCUT2D eigenvalue weighted by Gasteiger charge is 2.32. The third kappa shape index (κ3) is 5.64. The second-order valence-electron chi connectivity index (χ2n) is 5.89. The third-order valence-corrected chi connectivity index (χ3v) is 3.68. The van der Waals surface area contributed by atoms with E-state index in [1.807, 2.05) is 6.07 Å². The van der Waals surface area contributed by atoms with Gasteiger partial charge in [-0.15, -0.1) is 26.3 Å². The molecule has 0 atom stereocenters. The van der Waals surface area contributed by atoms with Crippen LogP contribution >= 0.6 is 0 Å². The quantitative estimate of drug-likeness (QED) is 0.476. The Hall–Kier alpha value is -3.74. The van der Waals surface area contributed by atoms with E-state index >= 15 is 0 Å². The third-order valence-electron chi connectivity index (χ3n) is 3.68. The van der Waals surface area contributed by atoms with Crippen LogP contribution in [0.3, 0.4) is 0 Å². The Morgan fingerprint density at radius 3 is 1.50 bits per heavy atom. The van der Waals surface area contributed by atoms with Crippen LogP contribution in [0, 0.1) is 11.3 Å². The average Bonchev–Trinajstić information content (AvgIpc) is 2.65. The van der Waals surface area contributed by atoms with E-state index in [1.54, 1.807) is 0 Å². The maximum atomic E-state index is 12.5. The lowest BCUT2D eigenvalue weighted by Crippen LogP contribution is -2.17. The predicted molar refractivity (Wildman–Crippen MR) is 93.2 cm³/mol. The first-order chi connectivity index (χ1) is 14.0. The van der Waals surface area contributed by atoms with E-state index in [1.165, 1.54) is 36.4 Å². The molecule has 3 aromatic rings. The van der Waals surface area contributed by atoms with Gasteiger partial charge in [-0.05, 0) is 36.4 Å². The molecule has 0 N–H and O–H groups in total. The number of halogens is 6. The van der Waals surface area contributed by atoms with Gasteiger partial charge in [-0.3, -0.25) is 0 Å². The van der Waals surface area contributed by atoms with Crippen LogP contribution < -0.4 is 9.47 Å². The number of nitriles is 1. The molecular weight excluding hydrogens is 414 g/mol. The van der Waals surface area contributed by atoms with E-state index < -0.39 is 24.2 Å². The van der Waals surface area contributed by atoms with Gasteiger partial charge >= 0.3 is 12.7 Å². The molecule has 3 rings (SSSR count). The molecule has 0 unspecified atom stereocenters. The van der Waals surface area contributed by atoms with E-state index in [-0.39, 0.29) is 28.1 Å². The van der Waals surface area contributed by atoms with Gasteiger partial charge in [-0.25, -0.2) is 4.98 Å². The number of hydrogen-bond acceptors (Lipinski definition) is 4. The first-order valence-electron chi connectivity index (χ1n) is 8.17. The summed E-state index contributed by atoms with van der Waals surface area (Å²) in [4.78, 5) is 4.27. The van der Waals surface area contributed by atoms with Gasteiger partial charge in [0.25, 0.3) is 0 Å². The molecular formula is C20H10F6N2O2. The van der Waals surface area contributed by atoms with E-state index in [0.717, 1.165) is 24.3 Å². The number of nitrogens with zero attached hydrogens (tertiary/aromatic N) is 2. The highest BCUT2D eigenvalue weighted by Crippen LogP contribution is 2.31. The highest BCUT2D eigenvalue weighted by atomic mass is 19.4. The summed E-state index contributed by atoms with van der Waals surface area (Å²) in [5, 5.41) is 9.27. The van der Waals surface area contributed by atoms with E-state index in [4.69, 9.17) is 0 Å². The van der Waals surface area contributed by atoms with E-state index in [0.29, 0.717) is 0 Å². The van der Waals surface area contributed by atoms with Crippen molar-refractivity contribution in [3.63, 3.8) is 0 Å². The molecule has 4 nitrogen and oxygen atoms in total. The molecule has 1 heterocycles. The van der Waals surface area contributed by atoms with Crippen LogP contribution in [0.5, 0.6) is 11.5 Å². The first kappa shape index (κ1) is 21.0. The second-order valence-corrected chi connectivity index (χ2v) is 5.89. The molecule has 0 spiro atoms. The summed E-state index contributed by atoms with van der Waals surface area (Å²) in [6.45, 7) is 0. The molecule has 154 valence electrons. The lowest BCUT2D eigenvalue weighted by atomic mass is 10.0. The Morgan fingerprint density at radius 2 is 1.13 bits per heavy atom. The fourth-order valence-corrected chi connectivity index (χ4v) is 2.60. The van der Waals surface area contributed by atoms with Gasteiger partial charge in [0.2, 0.25) is 0 Å². The molecule has 0 radical (unpaired) electrons. The van der Waals surface area contributed by atoms with Crippen LogP contribution in [0.4, 0.5) is 26.3 Å². The van der Waals surface area contributed by atoms with Gasteiger partial charge in [0.15, 0.2) is 0 Å². The minimum atomic E-state index is -4.88. The molecule has 0 aliphatic rings. The molecule has 0 saturated carbocycles. The van der Waals surface area contributed by atoms with Gasteiger partial charge in [0.05, 0.1) is 23.0 Å². The monoisotopic (exact) mass is 424 g/mol. The number of ether oxygens (including phenoxy) is 2. The summed E-state index contributed by atoms with van der Waals surface area (Å²) in [5.74, 6) is -0.961. The molecule has 0 bridgehead atoms. The molecule has 0 amide bonds. The summed E-state index contributed by atoms with van der Waals surface area (Å²) < 4.78 is 82.5. The first-order valence-corrected chi connectivity index (χ1v) is 8.17. The van der Waals surface area contributed by atoms with Crippen molar-refractivity contribution in [1.82, 2.24) is 4.98 Å². The minimum absolute atomic E-state index is 0.110.